The molecule has 3 aliphatic heterocycles. The van der Waals surface area contributed by atoms with Crippen LogP contribution in [0.3, 0.4) is 0 Å². The van der Waals surface area contributed by atoms with Crippen LogP contribution < -0.4 is 15.8 Å². The first-order valence-corrected chi connectivity index (χ1v) is 25.4. The Morgan fingerprint density at radius 3 is 2.39 bits per heavy atom. The van der Waals surface area contributed by atoms with Crippen LogP contribution in [0.25, 0.3) is 32.9 Å². The number of fused-ring (bicyclic) bond motifs is 2. The maximum Gasteiger partial charge on any atom is 0.275 e. The normalized spacial score (nSPS) is 20.5. The molecule has 1 unspecified atom stereocenters. The van der Waals surface area contributed by atoms with Crippen molar-refractivity contribution in [3.8, 4) is 23.5 Å². The van der Waals surface area contributed by atoms with Crippen molar-refractivity contribution in [2.75, 3.05) is 50.8 Å². The summed E-state index contributed by atoms with van der Waals surface area (Å²) in [6.45, 7) is 9.29. The van der Waals surface area contributed by atoms with Crippen molar-refractivity contribution in [3.63, 3.8) is 0 Å². The summed E-state index contributed by atoms with van der Waals surface area (Å²) in [6, 6.07) is 25.2. The van der Waals surface area contributed by atoms with Gasteiger partial charge in [0, 0.05) is 80.1 Å². The highest BCUT2D eigenvalue weighted by Gasteiger charge is 2.45. The lowest BCUT2D eigenvalue weighted by Crippen LogP contribution is -2.55. The Balaban J connectivity index is 1.08. The zero-order chi connectivity index (χ0) is 46.3. The predicted molar refractivity (Wildman–Crippen MR) is 262 cm³/mol. The summed E-state index contributed by atoms with van der Waals surface area (Å²) in [5, 5.41) is 4.87. The second-order valence-corrected chi connectivity index (χ2v) is 21.1. The fourth-order valence-electron chi connectivity index (χ4n) is 10.2. The molecule has 0 radical (unpaired) electrons. The van der Waals surface area contributed by atoms with E-state index in [1.54, 1.807) is 43.6 Å². The van der Waals surface area contributed by atoms with Crippen LogP contribution in [0, 0.1) is 19.3 Å². The van der Waals surface area contributed by atoms with Gasteiger partial charge in [-0.25, -0.2) is 22.4 Å². The van der Waals surface area contributed by atoms with E-state index in [-0.39, 0.29) is 35.0 Å². The Morgan fingerprint density at radius 2 is 1.69 bits per heavy atom. The zero-order valence-electron chi connectivity index (χ0n) is 38.8. The largest absolute Gasteiger partial charge is 0.358 e. The molecule has 0 amide bonds. The van der Waals surface area contributed by atoms with Crippen molar-refractivity contribution in [1.29, 1.82) is 0 Å². The SMILES string of the molecule is C#CCNC1(C)CCN(C2CCN(c3nc([C@](COC4CCCCO4)(OC4CC4)c4ccccc4)c4cc(-c5cn(C)c(=O)c6c5ccn6S(=O)(=O)c5ccc(C)cc5)ccc4n3)CC2)CC1. The van der Waals surface area contributed by atoms with Crippen LogP contribution in [-0.2, 0) is 36.9 Å². The molecule has 0 bridgehead atoms. The van der Waals surface area contributed by atoms with Gasteiger partial charge in [0.1, 0.15) is 5.52 Å². The second-order valence-electron chi connectivity index (χ2n) is 19.2. The summed E-state index contributed by atoms with van der Waals surface area (Å²) in [5.41, 5.74) is 3.34. The Hall–Kier alpha value is -5.40. The average Bonchev–Trinajstić information content (AvgIpc) is 4.06. The van der Waals surface area contributed by atoms with Gasteiger partial charge in [-0.1, -0.05) is 60.0 Å². The molecule has 10 rings (SSSR count). The molecule has 6 heterocycles. The van der Waals surface area contributed by atoms with E-state index < -0.39 is 21.2 Å². The number of aromatic nitrogens is 4. The number of terminal acetylenes is 1. The van der Waals surface area contributed by atoms with Crippen LogP contribution in [0.1, 0.15) is 81.5 Å². The topological polar surface area (TPSA) is 133 Å². The maximum absolute atomic E-state index is 14.1. The number of anilines is 1. The van der Waals surface area contributed by atoms with Gasteiger partial charge in [0.15, 0.2) is 11.9 Å². The van der Waals surface area contributed by atoms with Gasteiger partial charge in [-0.05, 0) is 113 Å². The third kappa shape index (κ3) is 9.05. The molecule has 1 saturated carbocycles. The minimum atomic E-state index is -4.10. The third-order valence-electron chi connectivity index (χ3n) is 14.5. The van der Waals surface area contributed by atoms with Crippen molar-refractivity contribution in [2.45, 2.75) is 106 Å². The molecule has 2 atom stereocenters. The molecule has 1 N–H and O–H groups in total. The van der Waals surface area contributed by atoms with Crippen LogP contribution in [-0.4, -0.2) is 102 Å². The molecule has 67 heavy (non-hydrogen) atoms. The van der Waals surface area contributed by atoms with Crippen LogP contribution >= 0.6 is 0 Å². The van der Waals surface area contributed by atoms with E-state index in [1.165, 1.54) is 10.8 Å². The third-order valence-corrected chi connectivity index (χ3v) is 16.2. The van der Waals surface area contributed by atoms with Crippen LogP contribution in [0.2, 0.25) is 0 Å². The van der Waals surface area contributed by atoms with Gasteiger partial charge in [0.25, 0.3) is 15.6 Å². The van der Waals surface area contributed by atoms with Gasteiger partial charge in [-0.3, -0.25) is 4.79 Å². The molecule has 13 nitrogen and oxygen atoms in total. The summed E-state index contributed by atoms with van der Waals surface area (Å²) in [6.07, 6.45) is 17.3. The number of nitrogens with one attached hydrogen (secondary N) is 1. The molecular weight excluding hydrogens is 863 g/mol. The van der Waals surface area contributed by atoms with Crippen molar-refractivity contribution in [2.24, 2.45) is 7.05 Å². The summed E-state index contributed by atoms with van der Waals surface area (Å²) in [7, 11) is -2.44. The summed E-state index contributed by atoms with van der Waals surface area (Å²) >= 11 is 0. The Kier molecular flexibility index (Phi) is 12.6. The summed E-state index contributed by atoms with van der Waals surface area (Å²) in [5.74, 6) is 3.39. The maximum atomic E-state index is 14.1. The molecule has 3 saturated heterocycles. The molecule has 14 heteroatoms. The van der Waals surface area contributed by atoms with Gasteiger partial charge in [-0.2, -0.15) is 0 Å². The molecular formula is C53H61N7O6S. The Labute approximate surface area is 393 Å². The number of benzene rings is 3. The van der Waals surface area contributed by atoms with E-state index in [0.717, 1.165) is 116 Å². The van der Waals surface area contributed by atoms with Gasteiger partial charge >= 0.3 is 0 Å². The van der Waals surface area contributed by atoms with Crippen LogP contribution in [0.5, 0.6) is 0 Å². The van der Waals surface area contributed by atoms with E-state index in [4.69, 9.17) is 30.6 Å². The molecule has 6 aromatic rings. The lowest BCUT2D eigenvalue weighted by molar-refractivity contribution is -0.197. The highest BCUT2D eigenvalue weighted by Crippen LogP contribution is 2.44. The van der Waals surface area contributed by atoms with Gasteiger partial charge in [0.2, 0.25) is 5.95 Å². The molecule has 1 aliphatic carbocycles. The quantitative estimate of drug-likeness (QED) is 0.109. The summed E-state index contributed by atoms with van der Waals surface area (Å²) in [4.78, 5) is 30.0. The predicted octanol–water partition coefficient (Wildman–Crippen LogP) is 7.51. The highest BCUT2D eigenvalue weighted by molar-refractivity contribution is 7.90. The second kappa shape index (κ2) is 18.6. The monoisotopic (exact) mass is 923 g/mol. The number of hydrogen-bond donors (Lipinski definition) is 1. The number of nitrogens with zero attached hydrogens (tertiary/aromatic N) is 6. The van der Waals surface area contributed by atoms with Crippen LogP contribution in [0.15, 0.2) is 101 Å². The summed E-state index contributed by atoms with van der Waals surface area (Å²) < 4.78 is 51.1. The first kappa shape index (κ1) is 45.4. The fourth-order valence-corrected chi connectivity index (χ4v) is 11.6. The first-order valence-electron chi connectivity index (χ1n) is 23.9. The number of ether oxygens (including phenoxy) is 3. The van der Waals surface area contributed by atoms with Gasteiger partial charge < -0.3 is 33.9 Å². The number of rotatable bonds is 14. The lowest BCUT2D eigenvalue weighted by atomic mass is 9.87. The highest BCUT2D eigenvalue weighted by atomic mass is 32.2. The molecule has 4 fully saturated rings. The van der Waals surface area contributed by atoms with E-state index in [1.807, 2.05) is 37.3 Å². The van der Waals surface area contributed by atoms with Gasteiger partial charge in [-0.15, -0.1) is 6.42 Å². The van der Waals surface area contributed by atoms with Gasteiger partial charge in [0.05, 0.1) is 35.4 Å². The van der Waals surface area contributed by atoms with Crippen molar-refractivity contribution in [3.05, 3.63) is 118 Å². The minimum absolute atomic E-state index is 0.00941. The fraction of sp³-hybridized carbons (Fsp3) is 0.453. The first-order chi connectivity index (χ1) is 32.4. The van der Waals surface area contributed by atoms with Crippen molar-refractivity contribution >= 4 is 37.8 Å². The van der Waals surface area contributed by atoms with E-state index >= 15 is 0 Å². The smallest absolute Gasteiger partial charge is 0.275 e. The number of likely N-dealkylation sites (tertiary alicyclic amines) is 1. The lowest BCUT2D eigenvalue weighted by Gasteiger charge is -2.45. The Bertz CT molecular complexity index is 2960. The van der Waals surface area contributed by atoms with E-state index in [2.05, 4.69) is 46.2 Å². The number of hydrogen-bond acceptors (Lipinski definition) is 11. The zero-order valence-corrected chi connectivity index (χ0v) is 39.6. The number of aryl methyl sites for hydroxylation is 2. The molecule has 4 aliphatic rings. The minimum Gasteiger partial charge on any atom is -0.358 e. The van der Waals surface area contributed by atoms with Crippen LogP contribution in [0.4, 0.5) is 5.95 Å². The van der Waals surface area contributed by atoms with Crippen molar-refractivity contribution < 1.29 is 22.6 Å². The van der Waals surface area contributed by atoms with Crippen molar-refractivity contribution in [1.82, 2.24) is 28.7 Å². The number of pyridine rings is 1. The Morgan fingerprint density at radius 1 is 0.925 bits per heavy atom. The van der Waals surface area contributed by atoms with E-state index in [9.17, 15) is 13.2 Å². The molecule has 350 valence electrons. The van der Waals surface area contributed by atoms with E-state index in [0.29, 0.717) is 41.8 Å². The molecule has 0 spiro atoms. The molecule has 3 aromatic carbocycles. The standard InChI is InChI=1S/C53H61N7O6S/c1-5-27-54-52(3)25-31-58(32-26-52)40-22-28-59(29-23-40)51-55-46-21-16-38(45-35-57(4)50(61)48-43(45)24-30-60(48)67(62,63)42-19-14-37(2)15-20-42)34-44(46)49(56-51)53(66-41-17-18-41,39-11-7-6-8-12-39)36-65-47-13-9-10-33-64-47/h1,6-8,11-12,14-16,19-21,24,30,34-35,40-41,47,54H,9-10,13,17-18,22-23,25-29,31-33,36H2,2-4H3/t47?,53-/m1/s1. The average molecular weight is 924 g/mol. The number of piperidine rings is 2. The molecule has 3 aromatic heterocycles.